The molecule has 0 aliphatic carbocycles. The molecule has 0 amide bonds. The Balaban J connectivity index is 0.000000291. The maximum absolute atomic E-state index is 8.11. The van der Waals surface area contributed by atoms with Crippen LogP contribution in [0.5, 0.6) is 0 Å². The predicted octanol–water partition coefficient (Wildman–Crippen LogP) is 1.31. The van der Waals surface area contributed by atoms with Gasteiger partial charge in [0.15, 0.2) is 0 Å². The third-order valence-corrected chi connectivity index (χ3v) is 0.621. The van der Waals surface area contributed by atoms with Gasteiger partial charge in [0.2, 0.25) is 0 Å². The molecule has 1 aromatic heterocycles. The molecule has 3 heteroatoms. The molecule has 0 aliphatic heterocycles. The largest absolute Gasteiger partial charge is 0.268 e. The Labute approximate surface area is 54.3 Å². The van der Waals surface area contributed by atoms with Gasteiger partial charge in [0.25, 0.3) is 0 Å². The highest BCUT2D eigenvalue weighted by atomic mass is 15.1. The van der Waals surface area contributed by atoms with Crippen molar-refractivity contribution < 1.29 is 0 Å². The van der Waals surface area contributed by atoms with Crippen molar-refractivity contribution in [1.82, 2.24) is 10.2 Å². The number of hydrogen-bond donors (Lipinski definition) is 1. The minimum Gasteiger partial charge on any atom is -0.268 e. The summed E-state index contributed by atoms with van der Waals surface area (Å²) in [6, 6.07) is 3.50. The summed E-state index contributed by atoms with van der Waals surface area (Å²) in [6.45, 7) is 4.00. The van der Waals surface area contributed by atoms with Gasteiger partial charge < -0.3 is 0 Å². The third kappa shape index (κ3) is 2.50. The van der Waals surface area contributed by atoms with Crippen LogP contribution in [-0.4, -0.2) is 10.2 Å². The Hall–Kier alpha value is -1.30. The van der Waals surface area contributed by atoms with Gasteiger partial charge in [0.1, 0.15) is 11.8 Å². The maximum atomic E-state index is 8.11. The lowest BCUT2D eigenvalue weighted by Gasteiger charge is -1.64. The molecule has 3 nitrogen and oxygen atoms in total. The minimum atomic E-state index is 0.500. The maximum Gasteiger partial charge on any atom is 0.135 e. The fourth-order valence-corrected chi connectivity index (χ4v) is 0.318. The lowest BCUT2D eigenvalue weighted by atomic mass is 10.5. The molecule has 0 unspecified atom stereocenters. The van der Waals surface area contributed by atoms with Crippen LogP contribution in [0.3, 0.4) is 0 Å². The van der Waals surface area contributed by atoms with Crippen LogP contribution in [0.1, 0.15) is 19.5 Å². The first-order valence-corrected chi connectivity index (χ1v) is 2.83. The number of nitriles is 1. The van der Waals surface area contributed by atoms with E-state index in [-0.39, 0.29) is 0 Å². The number of nitrogens with one attached hydrogen (secondary N) is 1. The zero-order valence-corrected chi connectivity index (χ0v) is 5.55. The van der Waals surface area contributed by atoms with Gasteiger partial charge in [-0.1, -0.05) is 13.8 Å². The van der Waals surface area contributed by atoms with Crippen molar-refractivity contribution >= 4 is 0 Å². The van der Waals surface area contributed by atoms with Crippen molar-refractivity contribution in [2.24, 2.45) is 0 Å². The number of rotatable bonds is 0. The highest BCUT2D eigenvalue weighted by molar-refractivity contribution is 5.15. The normalized spacial score (nSPS) is 6.78. The summed E-state index contributed by atoms with van der Waals surface area (Å²) in [6.07, 6.45) is 1.54. The average Bonchev–Trinajstić information content (AvgIpc) is 2.43. The standard InChI is InChI=1S/C4H3N3.C2H6/c5-3-4-1-2-6-7-4;1-2/h1-2H,(H,6,7);1-2H3. The molecule has 9 heavy (non-hydrogen) atoms. The van der Waals surface area contributed by atoms with E-state index in [2.05, 4.69) is 10.2 Å². The molecule has 1 heterocycles. The van der Waals surface area contributed by atoms with Crippen LogP contribution in [0.15, 0.2) is 12.3 Å². The molecule has 1 aromatic rings. The molecule has 48 valence electrons. The van der Waals surface area contributed by atoms with E-state index in [0.717, 1.165) is 0 Å². The fourth-order valence-electron chi connectivity index (χ4n) is 0.318. The summed E-state index contributed by atoms with van der Waals surface area (Å²) in [5.41, 5.74) is 0.500. The molecule has 0 saturated heterocycles. The summed E-state index contributed by atoms with van der Waals surface area (Å²) in [7, 11) is 0. The first kappa shape index (κ1) is 7.70. The molecular formula is C6H9N3. The smallest absolute Gasteiger partial charge is 0.135 e. The van der Waals surface area contributed by atoms with Crippen LogP contribution in [0.4, 0.5) is 0 Å². The molecular weight excluding hydrogens is 114 g/mol. The number of aromatic nitrogens is 2. The molecule has 0 fully saturated rings. The monoisotopic (exact) mass is 123 g/mol. The second-order valence-corrected chi connectivity index (χ2v) is 1.08. The van der Waals surface area contributed by atoms with Gasteiger partial charge in [0, 0.05) is 0 Å². The molecule has 0 spiro atoms. The highest BCUT2D eigenvalue weighted by Crippen LogP contribution is 1.83. The van der Waals surface area contributed by atoms with Crippen LogP contribution in [0.25, 0.3) is 0 Å². The number of nitrogens with zero attached hydrogens (tertiary/aromatic N) is 2. The van der Waals surface area contributed by atoms with E-state index in [1.165, 1.54) is 0 Å². The highest BCUT2D eigenvalue weighted by Gasteiger charge is 1.82. The van der Waals surface area contributed by atoms with Crippen molar-refractivity contribution in [3.8, 4) is 6.07 Å². The summed E-state index contributed by atoms with van der Waals surface area (Å²) in [4.78, 5) is 0. The number of aromatic amines is 1. The molecule has 0 saturated carbocycles. The van der Waals surface area contributed by atoms with Gasteiger partial charge in [-0.05, 0) is 6.07 Å². The second kappa shape index (κ2) is 4.85. The zero-order valence-electron chi connectivity index (χ0n) is 5.55. The average molecular weight is 123 g/mol. The van der Waals surface area contributed by atoms with E-state index in [1.54, 1.807) is 12.3 Å². The van der Waals surface area contributed by atoms with Crippen molar-refractivity contribution in [3.05, 3.63) is 18.0 Å². The van der Waals surface area contributed by atoms with Crippen LogP contribution >= 0.6 is 0 Å². The van der Waals surface area contributed by atoms with Gasteiger partial charge in [0.05, 0.1) is 6.20 Å². The Morgan fingerprint density at radius 1 is 1.67 bits per heavy atom. The van der Waals surface area contributed by atoms with Crippen LogP contribution in [-0.2, 0) is 0 Å². The van der Waals surface area contributed by atoms with E-state index in [0.29, 0.717) is 5.69 Å². The first-order chi connectivity index (χ1) is 4.43. The van der Waals surface area contributed by atoms with Gasteiger partial charge in [-0.15, -0.1) is 0 Å². The Bertz CT molecular complexity index is 171. The molecule has 0 atom stereocenters. The number of H-pyrrole nitrogens is 1. The Kier molecular flexibility index (Phi) is 4.15. The van der Waals surface area contributed by atoms with E-state index >= 15 is 0 Å². The topological polar surface area (TPSA) is 52.5 Å². The molecule has 0 bridgehead atoms. The molecule has 1 N–H and O–H groups in total. The van der Waals surface area contributed by atoms with Crippen LogP contribution < -0.4 is 0 Å². The first-order valence-electron chi connectivity index (χ1n) is 2.83. The van der Waals surface area contributed by atoms with Crippen molar-refractivity contribution in [2.75, 3.05) is 0 Å². The van der Waals surface area contributed by atoms with E-state index in [9.17, 15) is 0 Å². The summed E-state index contributed by atoms with van der Waals surface area (Å²) in [5.74, 6) is 0. The second-order valence-electron chi connectivity index (χ2n) is 1.08. The summed E-state index contributed by atoms with van der Waals surface area (Å²) in [5, 5.41) is 14.1. The van der Waals surface area contributed by atoms with E-state index < -0.39 is 0 Å². The Morgan fingerprint density at radius 2 is 2.33 bits per heavy atom. The van der Waals surface area contributed by atoms with Gasteiger partial charge in [-0.25, -0.2) is 0 Å². The minimum absolute atomic E-state index is 0.500. The summed E-state index contributed by atoms with van der Waals surface area (Å²) < 4.78 is 0. The quantitative estimate of drug-likeness (QED) is 0.565. The molecule has 0 radical (unpaired) electrons. The predicted molar refractivity (Wildman–Crippen MR) is 34.7 cm³/mol. The van der Waals surface area contributed by atoms with Crippen molar-refractivity contribution in [1.29, 1.82) is 5.26 Å². The lowest BCUT2D eigenvalue weighted by molar-refractivity contribution is 1.07. The number of hydrogen-bond acceptors (Lipinski definition) is 2. The van der Waals surface area contributed by atoms with Gasteiger partial charge in [-0.2, -0.15) is 10.4 Å². The Morgan fingerprint density at radius 3 is 2.56 bits per heavy atom. The SMILES string of the molecule is CC.N#Cc1ccn[nH]1. The molecule has 0 aromatic carbocycles. The fraction of sp³-hybridized carbons (Fsp3) is 0.333. The van der Waals surface area contributed by atoms with Crippen molar-refractivity contribution in [2.45, 2.75) is 13.8 Å². The van der Waals surface area contributed by atoms with Crippen LogP contribution in [0, 0.1) is 11.3 Å². The summed E-state index contributed by atoms with van der Waals surface area (Å²) >= 11 is 0. The van der Waals surface area contributed by atoms with Crippen LogP contribution in [0.2, 0.25) is 0 Å². The van der Waals surface area contributed by atoms with Gasteiger partial charge >= 0.3 is 0 Å². The van der Waals surface area contributed by atoms with Crippen molar-refractivity contribution in [3.63, 3.8) is 0 Å². The zero-order chi connectivity index (χ0) is 7.11. The third-order valence-electron chi connectivity index (χ3n) is 0.621. The van der Waals surface area contributed by atoms with E-state index in [1.807, 2.05) is 19.9 Å². The van der Waals surface area contributed by atoms with Gasteiger partial charge in [-0.3, -0.25) is 5.10 Å². The van der Waals surface area contributed by atoms with E-state index in [4.69, 9.17) is 5.26 Å². The molecule has 1 rings (SSSR count). The lowest BCUT2D eigenvalue weighted by Crippen LogP contribution is -1.68. The molecule has 0 aliphatic rings.